The minimum atomic E-state index is -1.02. The van der Waals surface area contributed by atoms with E-state index in [0.29, 0.717) is 6.42 Å². The van der Waals surface area contributed by atoms with Crippen molar-refractivity contribution in [3.05, 3.63) is 77.0 Å². The Hall–Kier alpha value is -2.81. The highest BCUT2D eigenvalue weighted by molar-refractivity contribution is 5.67. The van der Waals surface area contributed by atoms with Gasteiger partial charge in [0, 0.05) is 17.4 Å². The van der Waals surface area contributed by atoms with Crippen LogP contribution in [0.2, 0.25) is 0 Å². The fraction of sp³-hybridized carbons (Fsp3) is 0.227. The Morgan fingerprint density at radius 1 is 0.920 bits per heavy atom. The standard InChI is InChI=1S/C22H23NO2/c1-15-5-8-18(9-6-15)20-12-10-19(11-13-22(24)25)23(20)21-14-16(2)4-7-17(21)3/h4-10,12,14H,11,13H2,1-3H3,(H,24,25)/p-1. The number of aryl methyl sites for hydroxylation is 4. The number of aromatic nitrogens is 1. The third-order valence-corrected chi connectivity index (χ3v) is 4.50. The van der Waals surface area contributed by atoms with Crippen LogP contribution >= 0.6 is 0 Å². The molecule has 1 heterocycles. The first-order chi connectivity index (χ1) is 12.0. The zero-order valence-electron chi connectivity index (χ0n) is 14.9. The van der Waals surface area contributed by atoms with Crippen molar-refractivity contribution in [1.29, 1.82) is 0 Å². The summed E-state index contributed by atoms with van der Waals surface area (Å²) in [5.41, 5.74) is 7.81. The van der Waals surface area contributed by atoms with Crippen LogP contribution in [0.25, 0.3) is 16.9 Å². The van der Waals surface area contributed by atoms with Crippen molar-refractivity contribution in [2.75, 3.05) is 0 Å². The van der Waals surface area contributed by atoms with Crippen molar-refractivity contribution in [2.24, 2.45) is 0 Å². The SMILES string of the molecule is Cc1ccc(-c2ccc(CCC(=O)[O-])n2-c2cc(C)ccc2C)cc1. The lowest BCUT2D eigenvalue weighted by molar-refractivity contribution is -0.305. The van der Waals surface area contributed by atoms with E-state index in [2.05, 4.69) is 73.9 Å². The molecule has 0 aliphatic carbocycles. The topological polar surface area (TPSA) is 45.1 Å². The molecule has 3 rings (SSSR count). The molecule has 0 aliphatic rings. The molecule has 0 fully saturated rings. The Bertz CT molecular complexity index is 904. The normalized spacial score (nSPS) is 10.8. The van der Waals surface area contributed by atoms with Crippen molar-refractivity contribution in [2.45, 2.75) is 33.6 Å². The Kier molecular flexibility index (Phi) is 4.75. The minimum Gasteiger partial charge on any atom is -0.550 e. The molecule has 0 aliphatic heterocycles. The van der Waals surface area contributed by atoms with Gasteiger partial charge < -0.3 is 14.5 Å². The minimum absolute atomic E-state index is 0.0161. The van der Waals surface area contributed by atoms with Gasteiger partial charge in [0.1, 0.15) is 0 Å². The number of carbonyl (C=O) groups is 1. The van der Waals surface area contributed by atoms with Crippen LogP contribution in [-0.2, 0) is 11.2 Å². The lowest BCUT2D eigenvalue weighted by Crippen LogP contribution is -2.22. The van der Waals surface area contributed by atoms with Crippen molar-refractivity contribution >= 4 is 5.97 Å². The fourth-order valence-corrected chi connectivity index (χ4v) is 3.10. The van der Waals surface area contributed by atoms with Gasteiger partial charge in [-0.25, -0.2) is 0 Å². The second-order valence-electron chi connectivity index (χ2n) is 6.57. The second-order valence-corrected chi connectivity index (χ2v) is 6.57. The molecule has 25 heavy (non-hydrogen) atoms. The molecule has 1 aromatic heterocycles. The summed E-state index contributed by atoms with van der Waals surface area (Å²) in [5.74, 6) is -1.02. The second kappa shape index (κ2) is 6.98. The van der Waals surface area contributed by atoms with Gasteiger partial charge in [-0.2, -0.15) is 0 Å². The molecule has 0 bridgehead atoms. The first-order valence-corrected chi connectivity index (χ1v) is 8.51. The van der Waals surface area contributed by atoms with Gasteiger partial charge in [-0.05, 0) is 68.5 Å². The fourth-order valence-electron chi connectivity index (χ4n) is 3.10. The molecule has 0 spiro atoms. The van der Waals surface area contributed by atoms with Crippen LogP contribution < -0.4 is 5.11 Å². The maximum Gasteiger partial charge on any atom is 0.0531 e. The molecule has 0 amide bonds. The quantitative estimate of drug-likeness (QED) is 0.714. The lowest BCUT2D eigenvalue weighted by atomic mass is 10.1. The number of carboxylic acid groups (broad SMARTS) is 1. The van der Waals surface area contributed by atoms with E-state index in [1.807, 2.05) is 6.07 Å². The van der Waals surface area contributed by atoms with Crippen LogP contribution in [-0.4, -0.2) is 10.5 Å². The van der Waals surface area contributed by atoms with Crippen LogP contribution in [0.3, 0.4) is 0 Å². The van der Waals surface area contributed by atoms with E-state index in [4.69, 9.17) is 0 Å². The van der Waals surface area contributed by atoms with Crippen LogP contribution in [0.15, 0.2) is 54.6 Å². The van der Waals surface area contributed by atoms with Gasteiger partial charge in [-0.15, -0.1) is 0 Å². The number of carbonyl (C=O) groups excluding carboxylic acids is 1. The summed E-state index contributed by atoms with van der Waals surface area (Å²) in [4.78, 5) is 10.9. The number of rotatable bonds is 5. The number of nitrogens with zero attached hydrogens (tertiary/aromatic N) is 1. The molecule has 0 N–H and O–H groups in total. The number of aliphatic carboxylic acids is 1. The molecule has 0 radical (unpaired) electrons. The van der Waals surface area contributed by atoms with Gasteiger partial charge in [-0.3, -0.25) is 0 Å². The van der Waals surface area contributed by atoms with E-state index in [1.54, 1.807) is 0 Å². The largest absolute Gasteiger partial charge is 0.550 e. The number of hydrogen-bond donors (Lipinski definition) is 0. The third-order valence-electron chi connectivity index (χ3n) is 4.50. The van der Waals surface area contributed by atoms with Gasteiger partial charge in [0.25, 0.3) is 0 Å². The maximum atomic E-state index is 10.9. The monoisotopic (exact) mass is 332 g/mol. The zero-order valence-corrected chi connectivity index (χ0v) is 14.9. The zero-order chi connectivity index (χ0) is 18.0. The van der Waals surface area contributed by atoms with E-state index < -0.39 is 5.97 Å². The molecule has 128 valence electrons. The van der Waals surface area contributed by atoms with Gasteiger partial charge in [0.05, 0.1) is 5.69 Å². The van der Waals surface area contributed by atoms with E-state index >= 15 is 0 Å². The van der Waals surface area contributed by atoms with Crippen LogP contribution in [0.4, 0.5) is 0 Å². The lowest BCUT2D eigenvalue weighted by Gasteiger charge is -2.17. The molecule has 0 atom stereocenters. The van der Waals surface area contributed by atoms with E-state index in [0.717, 1.165) is 28.2 Å². The third kappa shape index (κ3) is 3.66. The van der Waals surface area contributed by atoms with Crippen molar-refractivity contribution in [3.63, 3.8) is 0 Å². The molecular weight excluding hydrogens is 310 g/mol. The summed E-state index contributed by atoms with van der Waals surface area (Å²) in [6.07, 6.45) is 0.462. The average Bonchev–Trinajstić information content (AvgIpc) is 2.99. The molecular formula is C22H22NO2-. The summed E-state index contributed by atoms with van der Waals surface area (Å²) in [6.45, 7) is 6.22. The number of carboxylic acids is 1. The molecule has 0 saturated carbocycles. The molecule has 0 unspecified atom stereocenters. The summed E-state index contributed by atoms with van der Waals surface area (Å²) in [6, 6.07) is 18.8. The summed E-state index contributed by atoms with van der Waals surface area (Å²) < 4.78 is 2.18. The van der Waals surface area contributed by atoms with Crippen molar-refractivity contribution < 1.29 is 9.90 Å². The number of hydrogen-bond acceptors (Lipinski definition) is 2. The van der Waals surface area contributed by atoms with Crippen LogP contribution in [0.1, 0.15) is 28.8 Å². The Labute approximate surface area is 148 Å². The van der Waals surface area contributed by atoms with Gasteiger partial charge >= 0.3 is 0 Å². The number of benzene rings is 2. The molecule has 2 aromatic carbocycles. The van der Waals surface area contributed by atoms with E-state index in [-0.39, 0.29) is 6.42 Å². The van der Waals surface area contributed by atoms with Gasteiger partial charge in [0.2, 0.25) is 0 Å². The van der Waals surface area contributed by atoms with Gasteiger partial charge in [0.15, 0.2) is 0 Å². The summed E-state index contributed by atoms with van der Waals surface area (Å²) in [5, 5.41) is 10.9. The van der Waals surface area contributed by atoms with Crippen LogP contribution in [0, 0.1) is 20.8 Å². The van der Waals surface area contributed by atoms with Crippen LogP contribution in [0.5, 0.6) is 0 Å². The molecule has 0 saturated heterocycles. The van der Waals surface area contributed by atoms with Gasteiger partial charge in [-0.1, -0.05) is 42.0 Å². The highest BCUT2D eigenvalue weighted by atomic mass is 16.4. The average molecular weight is 332 g/mol. The first-order valence-electron chi connectivity index (χ1n) is 8.51. The Balaban J connectivity index is 2.17. The Morgan fingerprint density at radius 2 is 1.60 bits per heavy atom. The van der Waals surface area contributed by atoms with E-state index in [9.17, 15) is 9.90 Å². The molecule has 3 heteroatoms. The predicted octanol–water partition coefficient (Wildman–Crippen LogP) is 3.75. The molecule has 3 nitrogen and oxygen atoms in total. The Morgan fingerprint density at radius 3 is 2.28 bits per heavy atom. The smallest absolute Gasteiger partial charge is 0.0531 e. The molecule has 3 aromatic rings. The maximum absolute atomic E-state index is 10.9. The van der Waals surface area contributed by atoms with Crippen molar-refractivity contribution in [3.8, 4) is 16.9 Å². The first kappa shape index (κ1) is 17.0. The highest BCUT2D eigenvalue weighted by Crippen LogP contribution is 2.29. The van der Waals surface area contributed by atoms with E-state index in [1.165, 1.54) is 11.1 Å². The predicted molar refractivity (Wildman–Crippen MR) is 98.7 cm³/mol. The highest BCUT2D eigenvalue weighted by Gasteiger charge is 2.14. The summed E-state index contributed by atoms with van der Waals surface area (Å²) >= 11 is 0. The summed E-state index contributed by atoms with van der Waals surface area (Å²) in [7, 11) is 0. The van der Waals surface area contributed by atoms with Crippen molar-refractivity contribution in [1.82, 2.24) is 4.57 Å².